The monoisotopic (exact) mass is 388 g/mol. The second kappa shape index (κ2) is 7.70. The number of nitrogens with one attached hydrogen (secondary N) is 1. The van der Waals surface area contributed by atoms with E-state index < -0.39 is 23.4 Å². The third-order valence-corrected chi connectivity index (χ3v) is 4.33. The van der Waals surface area contributed by atoms with E-state index in [0.717, 1.165) is 11.3 Å². The smallest absolute Gasteiger partial charge is 0.351 e. The van der Waals surface area contributed by atoms with Crippen molar-refractivity contribution in [3.05, 3.63) is 56.5 Å². The normalized spacial score (nSPS) is 10.4. The average Bonchev–Trinajstić information content (AvgIpc) is 3.32. The Bertz CT molecular complexity index is 1000. The van der Waals surface area contributed by atoms with E-state index >= 15 is 0 Å². The first-order chi connectivity index (χ1) is 13.0. The van der Waals surface area contributed by atoms with Crippen LogP contribution < -0.4 is 5.32 Å². The van der Waals surface area contributed by atoms with Crippen LogP contribution in [0.25, 0.3) is 5.69 Å². The SMILES string of the molecule is Cc1ccc(NC(=O)COC(=O)c2sccc2-n2cnnn2)cc1[N+](=O)[O-]. The highest BCUT2D eigenvalue weighted by Gasteiger charge is 2.19. The van der Waals surface area contributed by atoms with Crippen LogP contribution in [0.1, 0.15) is 15.2 Å². The number of nitrogens with zero attached hydrogens (tertiary/aromatic N) is 5. The molecule has 0 saturated carbocycles. The Morgan fingerprint density at radius 2 is 2.19 bits per heavy atom. The number of esters is 1. The Morgan fingerprint density at radius 1 is 1.37 bits per heavy atom. The fourth-order valence-corrected chi connectivity index (χ4v) is 2.96. The van der Waals surface area contributed by atoms with Gasteiger partial charge in [-0.1, -0.05) is 6.07 Å². The summed E-state index contributed by atoms with van der Waals surface area (Å²) in [4.78, 5) is 34.8. The fraction of sp³-hybridized carbons (Fsp3) is 0.133. The number of tetrazole rings is 1. The minimum Gasteiger partial charge on any atom is -0.451 e. The Hall–Kier alpha value is -3.67. The predicted molar refractivity (Wildman–Crippen MR) is 93.8 cm³/mol. The van der Waals surface area contributed by atoms with Crippen LogP contribution in [0, 0.1) is 17.0 Å². The maximum absolute atomic E-state index is 12.2. The van der Waals surface area contributed by atoms with Crippen molar-refractivity contribution in [1.82, 2.24) is 20.2 Å². The maximum atomic E-state index is 12.2. The number of carbonyl (C=O) groups is 2. The van der Waals surface area contributed by atoms with Gasteiger partial charge in [0.25, 0.3) is 11.6 Å². The standard InChI is InChI=1S/C15H12N6O5S/c1-9-2-3-10(6-12(9)21(24)25)17-13(22)7-26-15(23)14-11(4-5-27-14)20-8-16-18-19-20/h2-6,8H,7H2,1H3,(H,17,22). The highest BCUT2D eigenvalue weighted by Crippen LogP contribution is 2.23. The van der Waals surface area contributed by atoms with Crippen LogP contribution in [0.4, 0.5) is 11.4 Å². The lowest BCUT2D eigenvalue weighted by Crippen LogP contribution is -2.21. The van der Waals surface area contributed by atoms with Crippen molar-refractivity contribution in [1.29, 1.82) is 0 Å². The number of amides is 1. The van der Waals surface area contributed by atoms with Gasteiger partial charge in [-0.15, -0.1) is 16.4 Å². The first-order valence-corrected chi connectivity index (χ1v) is 8.36. The summed E-state index contributed by atoms with van der Waals surface area (Å²) in [6.07, 6.45) is 1.33. The number of aromatic nitrogens is 4. The summed E-state index contributed by atoms with van der Waals surface area (Å²) < 4.78 is 6.31. The molecule has 0 aliphatic carbocycles. The zero-order chi connectivity index (χ0) is 19.4. The van der Waals surface area contributed by atoms with Crippen LogP contribution in [0.2, 0.25) is 0 Å². The molecule has 0 spiro atoms. The van der Waals surface area contributed by atoms with E-state index in [2.05, 4.69) is 20.8 Å². The fourth-order valence-electron chi connectivity index (χ4n) is 2.18. The van der Waals surface area contributed by atoms with E-state index in [-0.39, 0.29) is 16.3 Å². The molecule has 0 radical (unpaired) electrons. The molecule has 0 fully saturated rings. The minimum absolute atomic E-state index is 0.116. The summed E-state index contributed by atoms with van der Waals surface area (Å²) in [5.74, 6) is -1.33. The number of nitro benzene ring substituents is 1. The van der Waals surface area contributed by atoms with Crippen LogP contribution in [-0.4, -0.2) is 43.6 Å². The number of rotatable bonds is 6. The van der Waals surface area contributed by atoms with Crippen molar-refractivity contribution in [3.8, 4) is 5.69 Å². The predicted octanol–water partition coefficient (Wildman–Crippen LogP) is 1.74. The molecular weight excluding hydrogens is 376 g/mol. The number of aryl methyl sites for hydroxylation is 1. The second-order valence-electron chi connectivity index (χ2n) is 5.27. The van der Waals surface area contributed by atoms with E-state index in [1.807, 2.05) is 0 Å². The molecule has 2 heterocycles. The number of carbonyl (C=O) groups excluding carboxylic acids is 2. The molecule has 0 unspecified atom stereocenters. The number of benzene rings is 1. The molecule has 0 saturated heterocycles. The third kappa shape index (κ3) is 4.12. The molecule has 12 heteroatoms. The molecule has 0 aliphatic heterocycles. The van der Waals surface area contributed by atoms with Crippen LogP contribution in [0.5, 0.6) is 0 Å². The van der Waals surface area contributed by atoms with Crippen molar-refractivity contribution in [3.63, 3.8) is 0 Å². The molecule has 1 amide bonds. The number of hydrogen-bond donors (Lipinski definition) is 1. The van der Waals surface area contributed by atoms with Gasteiger partial charge in [-0.05, 0) is 34.9 Å². The largest absolute Gasteiger partial charge is 0.451 e. The molecule has 138 valence electrons. The molecule has 3 rings (SSSR count). The van der Waals surface area contributed by atoms with Crippen LogP contribution >= 0.6 is 11.3 Å². The molecule has 0 bridgehead atoms. The molecular formula is C15H12N6O5S. The van der Waals surface area contributed by atoms with Gasteiger partial charge in [0, 0.05) is 17.3 Å². The van der Waals surface area contributed by atoms with E-state index in [1.165, 1.54) is 29.2 Å². The minimum atomic E-state index is -0.708. The summed E-state index contributed by atoms with van der Waals surface area (Å²) >= 11 is 1.12. The van der Waals surface area contributed by atoms with Gasteiger partial charge in [-0.2, -0.15) is 4.68 Å². The molecule has 3 aromatic rings. The Labute approximate surface area is 155 Å². The highest BCUT2D eigenvalue weighted by atomic mass is 32.1. The Balaban J connectivity index is 1.62. The van der Waals surface area contributed by atoms with Gasteiger partial charge < -0.3 is 10.1 Å². The average molecular weight is 388 g/mol. The lowest BCUT2D eigenvalue weighted by molar-refractivity contribution is -0.385. The van der Waals surface area contributed by atoms with Crippen molar-refractivity contribution in [2.24, 2.45) is 0 Å². The van der Waals surface area contributed by atoms with Crippen molar-refractivity contribution >= 4 is 34.6 Å². The summed E-state index contributed by atoms with van der Waals surface area (Å²) in [5.41, 5.74) is 1.02. The summed E-state index contributed by atoms with van der Waals surface area (Å²) in [6, 6.07) is 5.92. The van der Waals surface area contributed by atoms with E-state index in [1.54, 1.807) is 18.4 Å². The maximum Gasteiger partial charge on any atom is 0.351 e. The molecule has 1 aromatic carbocycles. The zero-order valence-electron chi connectivity index (χ0n) is 13.9. The van der Waals surface area contributed by atoms with Gasteiger partial charge in [0.05, 0.1) is 10.6 Å². The highest BCUT2D eigenvalue weighted by molar-refractivity contribution is 7.12. The molecule has 27 heavy (non-hydrogen) atoms. The number of ether oxygens (including phenoxy) is 1. The topological polar surface area (TPSA) is 142 Å². The van der Waals surface area contributed by atoms with Crippen molar-refractivity contribution in [2.75, 3.05) is 11.9 Å². The van der Waals surface area contributed by atoms with Gasteiger partial charge in [-0.25, -0.2) is 4.79 Å². The number of nitro groups is 1. The molecule has 0 atom stereocenters. The van der Waals surface area contributed by atoms with E-state index in [0.29, 0.717) is 11.3 Å². The van der Waals surface area contributed by atoms with Gasteiger partial charge in [0.2, 0.25) is 0 Å². The number of thiophene rings is 1. The number of hydrogen-bond acceptors (Lipinski definition) is 9. The zero-order valence-corrected chi connectivity index (χ0v) is 14.7. The van der Waals surface area contributed by atoms with Crippen molar-refractivity contribution in [2.45, 2.75) is 6.92 Å². The first-order valence-electron chi connectivity index (χ1n) is 7.48. The van der Waals surface area contributed by atoms with Crippen LogP contribution in [0.3, 0.4) is 0 Å². The second-order valence-corrected chi connectivity index (χ2v) is 6.19. The van der Waals surface area contributed by atoms with Gasteiger partial charge in [-0.3, -0.25) is 14.9 Å². The van der Waals surface area contributed by atoms with Gasteiger partial charge in [0.15, 0.2) is 6.61 Å². The van der Waals surface area contributed by atoms with E-state index in [4.69, 9.17) is 4.74 Å². The quantitative estimate of drug-likeness (QED) is 0.382. The molecule has 0 aliphatic rings. The lowest BCUT2D eigenvalue weighted by atomic mass is 10.2. The lowest BCUT2D eigenvalue weighted by Gasteiger charge is -2.07. The van der Waals surface area contributed by atoms with Gasteiger partial charge in [0.1, 0.15) is 11.2 Å². The molecule has 1 N–H and O–H groups in total. The molecule has 2 aromatic heterocycles. The van der Waals surface area contributed by atoms with Crippen molar-refractivity contribution < 1.29 is 19.2 Å². The van der Waals surface area contributed by atoms with E-state index in [9.17, 15) is 19.7 Å². The third-order valence-electron chi connectivity index (χ3n) is 3.45. The van der Waals surface area contributed by atoms with Gasteiger partial charge >= 0.3 is 5.97 Å². The summed E-state index contributed by atoms with van der Waals surface area (Å²) in [6.45, 7) is 1.04. The first kappa shape index (κ1) is 18.1. The van der Waals surface area contributed by atoms with Crippen LogP contribution in [-0.2, 0) is 9.53 Å². The van der Waals surface area contributed by atoms with Crippen LogP contribution in [0.15, 0.2) is 36.0 Å². The molecule has 11 nitrogen and oxygen atoms in total. The Morgan fingerprint density at radius 3 is 2.89 bits per heavy atom. The Kier molecular flexibility index (Phi) is 5.17. The summed E-state index contributed by atoms with van der Waals surface area (Å²) in [5, 5.41) is 25.8. The summed E-state index contributed by atoms with van der Waals surface area (Å²) in [7, 11) is 0. The number of anilines is 1.